The average Bonchev–Trinajstić information content (AvgIpc) is 2.83. The van der Waals surface area contributed by atoms with Crippen LogP contribution in [0.4, 0.5) is 4.39 Å². The van der Waals surface area contributed by atoms with E-state index >= 15 is 0 Å². The summed E-state index contributed by atoms with van der Waals surface area (Å²) >= 11 is 3.47. The third-order valence-corrected chi connectivity index (χ3v) is 4.47. The fourth-order valence-corrected chi connectivity index (χ4v) is 3.47. The van der Waals surface area contributed by atoms with Crippen molar-refractivity contribution in [1.82, 2.24) is 10.2 Å². The zero-order valence-electron chi connectivity index (χ0n) is 10.9. The van der Waals surface area contributed by atoms with Crippen molar-refractivity contribution in [1.29, 1.82) is 0 Å². The lowest BCUT2D eigenvalue weighted by Crippen LogP contribution is -2.38. The molecular formula is C14H20BrFN2. The van der Waals surface area contributed by atoms with E-state index in [1.54, 1.807) is 6.07 Å². The summed E-state index contributed by atoms with van der Waals surface area (Å²) in [4.78, 5) is 2.48. The Morgan fingerprint density at radius 1 is 1.56 bits per heavy atom. The van der Waals surface area contributed by atoms with E-state index in [0.717, 1.165) is 29.7 Å². The van der Waals surface area contributed by atoms with Gasteiger partial charge in [0.05, 0.1) is 0 Å². The molecule has 1 aliphatic rings. The van der Waals surface area contributed by atoms with Crippen LogP contribution in [0.15, 0.2) is 22.7 Å². The maximum Gasteiger partial charge on any atom is 0.124 e. The van der Waals surface area contributed by atoms with Crippen molar-refractivity contribution in [2.75, 3.05) is 19.6 Å². The Bertz CT molecular complexity index is 405. The zero-order chi connectivity index (χ0) is 13.1. The molecule has 2 rings (SSSR count). The molecule has 0 radical (unpaired) electrons. The predicted molar refractivity (Wildman–Crippen MR) is 76.2 cm³/mol. The van der Waals surface area contributed by atoms with E-state index in [4.69, 9.17) is 0 Å². The molecule has 0 bridgehead atoms. The molecule has 1 heterocycles. The molecule has 1 fully saturated rings. The van der Waals surface area contributed by atoms with Crippen LogP contribution < -0.4 is 5.32 Å². The van der Waals surface area contributed by atoms with Gasteiger partial charge in [0.15, 0.2) is 0 Å². The van der Waals surface area contributed by atoms with Crippen molar-refractivity contribution < 1.29 is 4.39 Å². The van der Waals surface area contributed by atoms with Gasteiger partial charge in [-0.3, -0.25) is 4.90 Å². The van der Waals surface area contributed by atoms with E-state index in [-0.39, 0.29) is 5.82 Å². The number of likely N-dealkylation sites (N-methyl/N-ethyl adjacent to an activating group) is 1. The Kier molecular flexibility index (Phi) is 4.76. The van der Waals surface area contributed by atoms with Crippen molar-refractivity contribution in [3.8, 4) is 0 Å². The molecule has 1 N–H and O–H groups in total. The van der Waals surface area contributed by atoms with Gasteiger partial charge in [-0.1, -0.05) is 28.9 Å². The Morgan fingerprint density at radius 2 is 2.33 bits per heavy atom. The highest BCUT2D eigenvalue weighted by Crippen LogP contribution is 2.30. The summed E-state index contributed by atoms with van der Waals surface area (Å²) in [6, 6.07) is 5.86. The highest BCUT2D eigenvalue weighted by Gasteiger charge is 2.26. The fraction of sp³-hybridized carbons (Fsp3) is 0.571. The van der Waals surface area contributed by atoms with E-state index in [0.29, 0.717) is 12.1 Å². The van der Waals surface area contributed by atoms with Crippen LogP contribution in [0, 0.1) is 5.82 Å². The van der Waals surface area contributed by atoms with Gasteiger partial charge in [-0.15, -0.1) is 0 Å². The molecule has 2 unspecified atom stereocenters. The van der Waals surface area contributed by atoms with E-state index in [9.17, 15) is 4.39 Å². The molecule has 18 heavy (non-hydrogen) atoms. The molecule has 0 aromatic heterocycles. The number of halogens is 2. The smallest absolute Gasteiger partial charge is 0.124 e. The first-order valence-corrected chi connectivity index (χ1v) is 7.34. The number of hydrogen-bond acceptors (Lipinski definition) is 2. The second-order valence-corrected chi connectivity index (χ2v) is 5.67. The van der Waals surface area contributed by atoms with Gasteiger partial charge >= 0.3 is 0 Å². The standard InChI is InChI=1S/C14H20BrFN2/c1-3-18(12-6-7-17-9-12)10(2)13-5-4-11(16)8-14(13)15/h4-5,8,10,12,17H,3,6-7,9H2,1-2H3. The molecule has 2 atom stereocenters. The molecule has 0 amide bonds. The van der Waals surface area contributed by atoms with Gasteiger partial charge in [-0.2, -0.15) is 0 Å². The fourth-order valence-electron chi connectivity index (χ4n) is 2.79. The second-order valence-electron chi connectivity index (χ2n) is 4.82. The summed E-state index contributed by atoms with van der Waals surface area (Å²) in [5.74, 6) is -0.191. The predicted octanol–water partition coefficient (Wildman–Crippen LogP) is 3.33. The number of nitrogens with zero attached hydrogens (tertiary/aromatic N) is 1. The molecule has 1 aromatic carbocycles. The van der Waals surface area contributed by atoms with Gasteiger partial charge < -0.3 is 5.32 Å². The highest BCUT2D eigenvalue weighted by atomic mass is 79.9. The van der Waals surface area contributed by atoms with Crippen LogP contribution in [0.5, 0.6) is 0 Å². The first kappa shape index (κ1) is 14.0. The van der Waals surface area contributed by atoms with Crippen molar-refractivity contribution in [2.45, 2.75) is 32.4 Å². The zero-order valence-corrected chi connectivity index (χ0v) is 12.5. The molecule has 0 aliphatic carbocycles. The van der Waals surface area contributed by atoms with E-state index in [1.165, 1.54) is 12.5 Å². The normalized spacial score (nSPS) is 21.5. The van der Waals surface area contributed by atoms with Crippen molar-refractivity contribution in [3.63, 3.8) is 0 Å². The van der Waals surface area contributed by atoms with Crippen LogP contribution >= 0.6 is 15.9 Å². The van der Waals surface area contributed by atoms with E-state index in [2.05, 4.69) is 40.0 Å². The average molecular weight is 315 g/mol. The number of rotatable bonds is 4. The quantitative estimate of drug-likeness (QED) is 0.917. The lowest BCUT2D eigenvalue weighted by molar-refractivity contribution is 0.162. The van der Waals surface area contributed by atoms with E-state index < -0.39 is 0 Å². The molecule has 1 aliphatic heterocycles. The van der Waals surface area contributed by atoms with Crippen LogP contribution in [-0.4, -0.2) is 30.6 Å². The van der Waals surface area contributed by atoms with Crippen LogP contribution in [0.1, 0.15) is 31.9 Å². The van der Waals surface area contributed by atoms with Crippen molar-refractivity contribution in [2.24, 2.45) is 0 Å². The van der Waals surface area contributed by atoms with Crippen LogP contribution in [0.2, 0.25) is 0 Å². The Labute approximate surface area is 117 Å². The minimum atomic E-state index is -0.191. The lowest BCUT2D eigenvalue weighted by Gasteiger charge is -2.33. The first-order chi connectivity index (χ1) is 8.63. The largest absolute Gasteiger partial charge is 0.315 e. The monoisotopic (exact) mass is 314 g/mol. The summed E-state index contributed by atoms with van der Waals surface area (Å²) < 4.78 is 14.0. The second kappa shape index (κ2) is 6.13. The van der Waals surface area contributed by atoms with Crippen LogP contribution in [0.25, 0.3) is 0 Å². The summed E-state index contributed by atoms with van der Waals surface area (Å²) in [5, 5.41) is 3.40. The van der Waals surface area contributed by atoms with Gasteiger partial charge in [0.2, 0.25) is 0 Å². The maximum atomic E-state index is 13.1. The summed E-state index contributed by atoms with van der Waals surface area (Å²) in [6.45, 7) is 7.54. The molecule has 100 valence electrons. The molecule has 0 saturated carbocycles. The Morgan fingerprint density at radius 3 is 2.89 bits per heavy atom. The molecule has 0 spiro atoms. The van der Waals surface area contributed by atoms with Gasteiger partial charge in [0.1, 0.15) is 5.82 Å². The number of hydrogen-bond donors (Lipinski definition) is 1. The maximum absolute atomic E-state index is 13.1. The molecular weight excluding hydrogens is 295 g/mol. The third kappa shape index (κ3) is 2.92. The van der Waals surface area contributed by atoms with Crippen LogP contribution in [-0.2, 0) is 0 Å². The third-order valence-electron chi connectivity index (χ3n) is 3.78. The van der Waals surface area contributed by atoms with Gasteiger partial charge in [-0.05, 0) is 44.1 Å². The minimum absolute atomic E-state index is 0.191. The summed E-state index contributed by atoms with van der Waals surface area (Å²) in [7, 11) is 0. The molecule has 1 aromatic rings. The highest BCUT2D eigenvalue weighted by molar-refractivity contribution is 9.10. The summed E-state index contributed by atoms with van der Waals surface area (Å²) in [5.41, 5.74) is 1.16. The minimum Gasteiger partial charge on any atom is -0.315 e. The van der Waals surface area contributed by atoms with Crippen molar-refractivity contribution >= 4 is 15.9 Å². The summed E-state index contributed by atoms with van der Waals surface area (Å²) in [6.07, 6.45) is 1.19. The van der Waals surface area contributed by atoms with Crippen molar-refractivity contribution in [3.05, 3.63) is 34.1 Å². The SMILES string of the molecule is CCN(C1CCNC1)C(C)c1ccc(F)cc1Br. The Hall–Kier alpha value is -0.450. The van der Waals surface area contributed by atoms with E-state index in [1.807, 2.05) is 6.07 Å². The lowest BCUT2D eigenvalue weighted by atomic mass is 10.0. The van der Waals surface area contributed by atoms with Gasteiger partial charge in [0, 0.05) is 23.1 Å². The molecule has 1 saturated heterocycles. The number of benzene rings is 1. The Balaban J connectivity index is 2.19. The number of nitrogens with one attached hydrogen (secondary N) is 1. The first-order valence-electron chi connectivity index (χ1n) is 6.55. The topological polar surface area (TPSA) is 15.3 Å². The molecule has 4 heteroatoms. The van der Waals surface area contributed by atoms with Gasteiger partial charge in [-0.25, -0.2) is 4.39 Å². The van der Waals surface area contributed by atoms with Gasteiger partial charge in [0.25, 0.3) is 0 Å². The molecule has 2 nitrogen and oxygen atoms in total. The van der Waals surface area contributed by atoms with Crippen LogP contribution in [0.3, 0.4) is 0 Å².